The SMILES string of the molecule is C[Si](C)(C)C#Cc1cccc(Oc2ccccc2)c1. The van der Waals surface area contributed by atoms with Gasteiger partial charge in [0.15, 0.2) is 0 Å². The summed E-state index contributed by atoms with van der Waals surface area (Å²) >= 11 is 0. The fourth-order valence-electron chi connectivity index (χ4n) is 1.52. The Morgan fingerprint density at radius 1 is 0.842 bits per heavy atom. The van der Waals surface area contributed by atoms with Gasteiger partial charge in [-0.1, -0.05) is 49.8 Å². The molecule has 2 aromatic rings. The van der Waals surface area contributed by atoms with Gasteiger partial charge in [0.25, 0.3) is 0 Å². The van der Waals surface area contributed by atoms with Crippen LogP contribution in [0.5, 0.6) is 11.5 Å². The number of ether oxygens (including phenoxy) is 1. The van der Waals surface area contributed by atoms with Gasteiger partial charge in [-0.15, -0.1) is 5.54 Å². The molecule has 0 aliphatic carbocycles. The maximum absolute atomic E-state index is 5.79. The zero-order chi connectivity index (χ0) is 13.7. The highest BCUT2D eigenvalue weighted by molar-refractivity contribution is 6.83. The summed E-state index contributed by atoms with van der Waals surface area (Å²) in [5, 5.41) is 0. The van der Waals surface area contributed by atoms with Crippen LogP contribution < -0.4 is 4.74 Å². The third kappa shape index (κ3) is 4.65. The Balaban J connectivity index is 2.18. The van der Waals surface area contributed by atoms with Gasteiger partial charge >= 0.3 is 0 Å². The number of para-hydroxylation sites is 1. The summed E-state index contributed by atoms with van der Waals surface area (Å²) in [7, 11) is -1.33. The van der Waals surface area contributed by atoms with Gasteiger partial charge in [0.05, 0.1) is 0 Å². The van der Waals surface area contributed by atoms with Crippen LogP contribution in [-0.4, -0.2) is 8.07 Å². The lowest BCUT2D eigenvalue weighted by Gasteiger charge is -2.06. The van der Waals surface area contributed by atoms with Gasteiger partial charge in [-0.25, -0.2) is 0 Å². The van der Waals surface area contributed by atoms with E-state index in [1.54, 1.807) is 0 Å². The molecule has 0 fully saturated rings. The summed E-state index contributed by atoms with van der Waals surface area (Å²) < 4.78 is 5.79. The van der Waals surface area contributed by atoms with E-state index in [1.807, 2.05) is 54.6 Å². The van der Waals surface area contributed by atoms with Crippen LogP contribution in [0.15, 0.2) is 54.6 Å². The molecule has 0 N–H and O–H groups in total. The van der Waals surface area contributed by atoms with Crippen molar-refractivity contribution in [3.05, 3.63) is 60.2 Å². The Morgan fingerprint density at radius 3 is 2.21 bits per heavy atom. The predicted molar refractivity (Wildman–Crippen MR) is 83.2 cm³/mol. The van der Waals surface area contributed by atoms with Crippen molar-refractivity contribution in [1.29, 1.82) is 0 Å². The second-order valence-electron chi connectivity index (χ2n) is 5.44. The van der Waals surface area contributed by atoms with E-state index in [2.05, 4.69) is 31.1 Å². The number of hydrogen-bond acceptors (Lipinski definition) is 1. The molecule has 0 saturated carbocycles. The van der Waals surface area contributed by atoms with Crippen molar-refractivity contribution in [2.45, 2.75) is 19.6 Å². The van der Waals surface area contributed by atoms with Crippen molar-refractivity contribution >= 4 is 8.07 Å². The molecule has 0 spiro atoms. The summed E-state index contributed by atoms with van der Waals surface area (Å²) in [5.74, 6) is 4.92. The fourth-order valence-corrected chi connectivity index (χ4v) is 2.04. The second kappa shape index (κ2) is 5.77. The van der Waals surface area contributed by atoms with Crippen molar-refractivity contribution < 1.29 is 4.74 Å². The largest absolute Gasteiger partial charge is 0.457 e. The minimum atomic E-state index is -1.33. The average Bonchev–Trinajstić information content (AvgIpc) is 2.37. The van der Waals surface area contributed by atoms with Crippen LogP contribution in [0.1, 0.15) is 5.56 Å². The Morgan fingerprint density at radius 2 is 1.53 bits per heavy atom. The molecule has 0 saturated heterocycles. The third-order valence-corrected chi connectivity index (χ3v) is 3.27. The summed E-state index contributed by atoms with van der Waals surface area (Å²) in [4.78, 5) is 0. The standard InChI is InChI=1S/C17H18OSi/c1-19(2,3)13-12-15-8-7-11-17(14-15)18-16-9-5-4-6-10-16/h4-11,14H,1-3H3. The molecule has 1 nitrogen and oxygen atoms in total. The number of rotatable bonds is 2. The highest BCUT2D eigenvalue weighted by Crippen LogP contribution is 2.21. The molecule has 0 radical (unpaired) electrons. The zero-order valence-electron chi connectivity index (χ0n) is 11.6. The summed E-state index contributed by atoms with van der Waals surface area (Å²) in [6.07, 6.45) is 0. The van der Waals surface area contributed by atoms with E-state index in [0.29, 0.717) is 0 Å². The molecule has 96 valence electrons. The van der Waals surface area contributed by atoms with Gasteiger partial charge in [-0.05, 0) is 30.3 Å². The van der Waals surface area contributed by atoms with E-state index in [1.165, 1.54) is 0 Å². The maximum atomic E-state index is 5.79. The first-order chi connectivity index (χ1) is 9.03. The molecule has 0 amide bonds. The summed E-state index contributed by atoms with van der Waals surface area (Å²) in [6.45, 7) is 6.72. The maximum Gasteiger partial charge on any atom is 0.129 e. The van der Waals surface area contributed by atoms with Crippen LogP contribution in [0.25, 0.3) is 0 Å². The molecule has 0 bridgehead atoms. The molecule has 0 aromatic heterocycles. The van der Waals surface area contributed by atoms with Crippen molar-refractivity contribution in [2.24, 2.45) is 0 Å². The molecule has 0 aliphatic heterocycles. The van der Waals surface area contributed by atoms with E-state index in [-0.39, 0.29) is 0 Å². The second-order valence-corrected chi connectivity index (χ2v) is 10.2. The van der Waals surface area contributed by atoms with Crippen LogP contribution in [0.2, 0.25) is 19.6 Å². The third-order valence-electron chi connectivity index (χ3n) is 2.39. The molecular weight excluding hydrogens is 248 g/mol. The van der Waals surface area contributed by atoms with Gasteiger partial charge in [0.1, 0.15) is 19.6 Å². The molecule has 2 heteroatoms. The van der Waals surface area contributed by atoms with E-state index < -0.39 is 8.07 Å². The normalized spacial score (nSPS) is 10.5. The highest BCUT2D eigenvalue weighted by atomic mass is 28.3. The lowest BCUT2D eigenvalue weighted by molar-refractivity contribution is 0.482. The minimum Gasteiger partial charge on any atom is -0.457 e. The van der Waals surface area contributed by atoms with E-state index in [0.717, 1.165) is 17.1 Å². The lowest BCUT2D eigenvalue weighted by atomic mass is 10.2. The zero-order valence-corrected chi connectivity index (χ0v) is 12.6. The topological polar surface area (TPSA) is 9.23 Å². The smallest absolute Gasteiger partial charge is 0.129 e. The van der Waals surface area contributed by atoms with Crippen LogP contribution >= 0.6 is 0 Å². The Labute approximate surface area is 116 Å². The average molecular weight is 266 g/mol. The van der Waals surface area contributed by atoms with Gasteiger partial charge < -0.3 is 4.74 Å². The van der Waals surface area contributed by atoms with Crippen LogP contribution in [0.3, 0.4) is 0 Å². The Hall–Kier alpha value is -1.98. The lowest BCUT2D eigenvalue weighted by Crippen LogP contribution is -2.16. The number of benzene rings is 2. The molecule has 19 heavy (non-hydrogen) atoms. The fraction of sp³-hybridized carbons (Fsp3) is 0.176. The van der Waals surface area contributed by atoms with Crippen LogP contribution in [0.4, 0.5) is 0 Å². The Bertz CT molecular complexity index is 600. The molecule has 2 rings (SSSR count). The Kier molecular flexibility index (Phi) is 4.09. The van der Waals surface area contributed by atoms with Gasteiger partial charge in [-0.3, -0.25) is 0 Å². The minimum absolute atomic E-state index is 0.827. The van der Waals surface area contributed by atoms with Crippen LogP contribution in [-0.2, 0) is 0 Å². The monoisotopic (exact) mass is 266 g/mol. The van der Waals surface area contributed by atoms with Crippen molar-refractivity contribution in [1.82, 2.24) is 0 Å². The first kappa shape index (κ1) is 13.4. The van der Waals surface area contributed by atoms with Gasteiger partial charge in [0, 0.05) is 5.56 Å². The first-order valence-electron chi connectivity index (χ1n) is 6.39. The first-order valence-corrected chi connectivity index (χ1v) is 9.89. The van der Waals surface area contributed by atoms with Gasteiger partial charge in [0.2, 0.25) is 0 Å². The van der Waals surface area contributed by atoms with Crippen molar-refractivity contribution in [2.75, 3.05) is 0 Å². The molecule has 0 atom stereocenters. The highest BCUT2D eigenvalue weighted by Gasteiger charge is 2.07. The molecule has 0 unspecified atom stereocenters. The summed E-state index contributed by atoms with van der Waals surface area (Å²) in [6, 6.07) is 17.7. The van der Waals surface area contributed by atoms with E-state index in [4.69, 9.17) is 4.74 Å². The van der Waals surface area contributed by atoms with E-state index >= 15 is 0 Å². The molecule has 2 aromatic carbocycles. The molecule has 0 aliphatic rings. The molecule has 0 heterocycles. The van der Waals surface area contributed by atoms with E-state index in [9.17, 15) is 0 Å². The van der Waals surface area contributed by atoms with Gasteiger partial charge in [-0.2, -0.15) is 0 Å². The quantitative estimate of drug-likeness (QED) is 0.565. The molecular formula is C17H18OSi. The van der Waals surface area contributed by atoms with Crippen LogP contribution in [0, 0.1) is 11.5 Å². The van der Waals surface area contributed by atoms with Crippen molar-refractivity contribution in [3.8, 4) is 23.0 Å². The number of hydrogen-bond donors (Lipinski definition) is 0. The van der Waals surface area contributed by atoms with Crippen molar-refractivity contribution in [3.63, 3.8) is 0 Å². The summed E-state index contributed by atoms with van der Waals surface area (Å²) in [5.41, 5.74) is 4.37. The predicted octanol–water partition coefficient (Wildman–Crippen LogP) is 4.71.